The molecule has 0 amide bonds. The Bertz CT molecular complexity index is 243. The smallest absolute Gasteiger partial charge is 0.438 e. The van der Waals surface area contributed by atoms with Crippen molar-refractivity contribution >= 4 is 6.16 Å². The van der Waals surface area contributed by atoms with Gasteiger partial charge in [-0.1, -0.05) is 17.9 Å². The predicted octanol–water partition coefficient (Wildman–Crippen LogP) is 2.13. The first-order chi connectivity index (χ1) is 6.02. The lowest BCUT2D eigenvalue weighted by Gasteiger charge is -2.16. The Kier molecular flexibility index (Phi) is 4.68. The van der Waals surface area contributed by atoms with Crippen molar-refractivity contribution in [3.63, 3.8) is 0 Å². The highest BCUT2D eigenvalue weighted by atomic mass is 16.7. The minimum Gasteiger partial charge on any atom is -0.438 e. The maximum atomic E-state index is 10.7. The number of allylic oxidation sites excluding steroid dienone is 1. The van der Waals surface area contributed by atoms with Crippen LogP contribution in [-0.4, -0.2) is 18.9 Å². The average molecular weight is 182 g/mol. The zero-order valence-electron chi connectivity index (χ0n) is 8.22. The predicted molar refractivity (Wildman–Crippen MR) is 50.2 cm³/mol. The van der Waals surface area contributed by atoms with Gasteiger partial charge in [0.05, 0.1) is 7.11 Å². The van der Waals surface area contributed by atoms with Gasteiger partial charge in [0.2, 0.25) is 0 Å². The van der Waals surface area contributed by atoms with Crippen LogP contribution in [0.4, 0.5) is 4.79 Å². The normalized spacial score (nSPS) is 9.46. The minimum absolute atomic E-state index is 0.577. The summed E-state index contributed by atoms with van der Waals surface area (Å²) in [5, 5.41) is 0. The Hall–Kier alpha value is -1.43. The standard InChI is InChI=1S/C10H14O3/c1-5-6-7-8-10(2,3)13-9(11)12-4/h5H,1,6H2,2-4H3. The van der Waals surface area contributed by atoms with Crippen molar-refractivity contribution in [3.8, 4) is 11.8 Å². The van der Waals surface area contributed by atoms with Crippen LogP contribution < -0.4 is 0 Å². The quantitative estimate of drug-likeness (QED) is 0.373. The Morgan fingerprint density at radius 3 is 2.69 bits per heavy atom. The molecule has 0 saturated heterocycles. The number of hydrogen-bond donors (Lipinski definition) is 0. The fourth-order valence-corrected chi connectivity index (χ4v) is 0.612. The summed E-state index contributed by atoms with van der Waals surface area (Å²) in [4.78, 5) is 10.7. The van der Waals surface area contributed by atoms with Gasteiger partial charge in [0, 0.05) is 6.42 Å². The Morgan fingerprint density at radius 1 is 1.62 bits per heavy atom. The molecule has 0 fully saturated rings. The lowest BCUT2D eigenvalue weighted by atomic mass is 10.1. The number of carbonyl (C=O) groups excluding carboxylic acids is 1. The van der Waals surface area contributed by atoms with E-state index in [4.69, 9.17) is 4.74 Å². The van der Waals surface area contributed by atoms with Crippen LogP contribution in [0.25, 0.3) is 0 Å². The molecule has 0 aliphatic heterocycles. The second-order valence-electron chi connectivity index (χ2n) is 2.86. The summed E-state index contributed by atoms with van der Waals surface area (Å²) in [5.74, 6) is 5.58. The molecule has 0 spiro atoms. The van der Waals surface area contributed by atoms with E-state index >= 15 is 0 Å². The van der Waals surface area contributed by atoms with Crippen LogP contribution in [-0.2, 0) is 9.47 Å². The van der Waals surface area contributed by atoms with E-state index in [2.05, 4.69) is 23.2 Å². The highest BCUT2D eigenvalue weighted by molar-refractivity contribution is 5.60. The molecule has 3 nitrogen and oxygen atoms in total. The van der Waals surface area contributed by atoms with Gasteiger partial charge in [-0.3, -0.25) is 0 Å². The lowest BCUT2D eigenvalue weighted by molar-refractivity contribution is 0.0221. The van der Waals surface area contributed by atoms with E-state index < -0.39 is 11.8 Å². The van der Waals surface area contributed by atoms with Gasteiger partial charge in [0.25, 0.3) is 0 Å². The van der Waals surface area contributed by atoms with Crippen molar-refractivity contribution in [2.45, 2.75) is 25.9 Å². The molecule has 0 radical (unpaired) electrons. The topological polar surface area (TPSA) is 35.5 Å². The van der Waals surface area contributed by atoms with Gasteiger partial charge in [-0.15, -0.1) is 6.58 Å². The van der Waals surface area contributed by atoms with Gasteiger partial charge in [-0.25, -0.2) is 4.79 Å². The number of ether oxygens (including phenoxy) is 2. The van der Waals surface area contributed by atoms with Crippen LogP contribution in [0.5, 0.6) is 0 Å². The molecule has 0 saturated carbocycles. The zero-order valence-corrected chi connectivity index (χ0v) is 8.22. The molecule has 0 aromatic heterocycles. The second-order valence-corrected chi connectivity index (χ2v) is 2.86. The Morgan fingerprint density at radius 2 is 2.23 bits per heavy atom. The van der Waals surface area contributed by atoms with Crippen LogP contribution in [0, 0.1) is 11.8 Å². The first-order valence-electron chi connectivity index (χ1n) is 3.89. The summed E-state index contributed by atoms with van der Waals surface area (Å²) in [6, 6.07) is 0. The molecule has 0 aromatic rings. The van der Waals surface area contributed by atoms with E-state index in [9.17, 15) is 4.79 Å². The molecule has 0 unspecified atom stereocenters. The fourth-order valence-electron chi connectivity index (χ4n) is 0.612. The molecule has 0 aliphatic rings. The molecule has 72 valence electrons. The molecule has 0 aromatic carbocycles. The van der Waals surface area contributed by atoms with Crippen LogP contribution in [0.15, 0.2) is 12.7 Å². The Labute approximate surface area is 78.7 Å². The second kappa shape index (κ2) is 5.26. The van der Waals surface area contributed by atoms with Crippen LogP contribution in [0.1, 0.15) is 20.3 Å². The van der Waals surface area contributed by atoms with Crippen molar-refractivity contribution in [1.82, 2.24) is 0 Å². The van der Waals surface area contributed by atoms with E-state index in [-0.39, 0.29) is 0 Å². The van der Waals surface area contributed by atoms with Gasteiger partial charge >= 0.3 is 6.16 Å². The monoisotopic (exact) mass is 182 g/mol. The summed E-state index contributed by atoms with van der Waals surface area (Å²) < 4.78 is 9.21. The molecule has 0 heterocycles. The van der Waals surface area contributed by atoms with Crippen molar-refractivity contribution < 1.29 is 14.3 Å². The summed E-state index contributed by atoms with van der Waals surface area (Å²) in [6.45, 7) is 6.91. The minimum atomic E-state index is -0.809. The van der Waals surface area contributed by atoms with E-state index in [0.717, 1.165) is 0 Å². The molecule has 0 aliphatic carbocycles. The van der Waals surface area contributed by atoms with Crippen LogP contribution in [0.2, 0.25) is 0 Å². The van der Waals surface area contributed by atoms with Gasteiger partial charge in [0.15, 0.2) is 5.60 Å². The van der Waals surface area contributed by atoms with Crippen molar-refractivity contribution in [2.75, 3.05) is 7.11 Å². The van der Waals surface area contributed by atoms with Crippen LogP contribution >= 0.6 is 0 Å². The van der Waals surface area contributed by atoms with E-state index in [0.29, 0.717) is 6.42 Å². The molecule has 0 rings (SSSR count). The van der Waals surface area contributed by atoms with Crippen molar-refractivity contribution in [1.29, 1.82) is 0 Å². The summed E-state index contributed by atoms with van der Waals surface area (Å²) in [5.41, 5.74) is -0.809. The highest BCUT2D eigenvalue weighted by Gasteiger charge is 2.19. The molecule has 3 heteroatoms. The zero-order chi connectivity index (χ0) is 10.3. The van der Waals surface area contributed by atoms with Crippen LogP contribution in [0.3, 0.4) is 0 Å². The SMILES string of the molecule is C=CCC#CC(C)(C)OC(=O)OC. The van der Waals surface area contributed by atoms with Gasteiger partial charge < -0.3 is 9.47 Å². The maximum Gasteiger partial charge on any atom is 0.509 e. The number of hydrogen-bond acceptors (Lipinski definition) is 3. The molecule has 0 bridgehead atoms. The average Bonchev–Trinajstić information content (AvgIpc) is 2.03. The third-order valence-electron chi connectivity index (χ3n) is 1.14. The van der Waals surface area contributed by atoms with E-state index in [1.807, 2.05) is 0 Å². The Balaban J connectivity index is 4.16. The number of rotatable bonds is 2. The van der Waals surface area contributed by atoms with Crippen molar-refractivity contribution in [2.24, 2.45) is 0 Å². The third-order valence-corrected chi connectivity index (χ3v) is 1.14. The molecule has 0 N–H and O–H groups in total. The molecule has 13 heavy (non-hydrogen) atoms. The first kappa shape index (κ1) is 11.6. The van der Waals surface area contributed by atoms with Gasteiger partial charge in [-0.2, -0.15) is 0 Å². The van der Waals surface area contributed by atoms with Gasteiger partial charge in [-0.05, 0) is 13.8 Å². The third kappa shape index (κ3) is 5.80. The largest absolute Gasteiger partial charge is 0.509 e. The first-order valence-corrected chi connectivity index (χ1v) is 3.89. The van der Waals surface area contributed by atoms with E-state index in [1.165, 1.54) is 7.11 Å². The van der Waals surface area contributed by atoms with Gasteiger partial charge in [0.1, 0.15) is 0 Å². The molecule has 0 atom stereocenters. The van der Waals surface area contributed by atoms with Crippen molar-refractivity contribution in [3.05, 3.63) is 12.7 Å². The summed E-state index contributed by atoms with van der Waals surface area (Å²) in [6.07, 6.45) is 1.53. The summed E-state index contributed by atoms with van der Waals surface area (Å²) >= 11 is 0. The number of carbonyl (C=O) groups is 1. The fraction of sp³-hybridized carbons (Fsp3) is 0.500. The number of methoxy groups -OCH3 is 1. The maximum absolute atomic E-state index is 10.7. The van der Waals surface area contributed by atoms with E-state index in [1.54, 1.807) is 19.9 Å². The summed E-state index contributed by atoms with van der Waals surface area (Å²) in [7, 11) is 1.26. The highest BCUT2D eigenvalue weighted by Crippen LogP contribution is 2.08. The molecular formula is C10H14O3. The lowest BCUT2D eigenvalue weighted by Crippen LogP contribution is -2.26. The molecular weight excluding hydrogens is 168 g/mol.